The van der Waals surface area contributed by atoms with Crippen LogP contribution < -0.4 is 5.73 Å². The van der Waals surface area contributed by atoms with Gasteiger partial charge in [0.05, 0.1) is 11.3 Å². The number of thiazole rings is 1. The van der Waals surface area contributed by atoms with Crippen molar-refractivity contribution < 1.29 is 13.2 Å². The summed E-state index contributed by atoms with van der Waals surface area (Å²) in [5.41, 5.74) is 5.86. The Morgan fingerprint density at radius 2 is 2.06 bits per heavy atom. The zero-order valence-corrected chi connectivity index (χ0v) is 10.4. The molecule has 0 amide bonds. The van der Waals surface area contributed by atoms with Gasteiger partial charge in [-0.05, 0) is 19.1 Å². The maximum absolute atomic E-state index is 12.6. The van der Waals surface area contributed by atoms with Crippen molar-refractivity contribution in [3.63, 3.8) is 0 Å². The largest absolute Gasteiger partial charge is 0.416 e. The first-order chi connectivity index (χ1) is 8.41. The molecule has 0 aliphatic rings. The molecule has 0 radical (unpaired) electrons. The predicted molar refractivity (Wildman–Crippen MR) is 65.2 cm³/mol. The lowest BCUT2D eigenvalue weighted by Crippen LogP contribution is -2.04. The Labute approximate surface area is 106 Å². The summed E-state index contributed by atoms with van der Waals surface area (Å²) in [5.74, 6) is 0. The molecule has 0 saturated heterocycles. The van der Waals surface area contributed by atoms with Crippen LogP contribution in [0.3, 0.4) is 0 Å². The fraction of sp³-hybridized carbons (Fsp3) is 0.250. The molecular weight excluding hydrogens is 261 g/mol. The van der Waals surface area contributed by atoms with Crippen molar-refractivity contribution in [1.82, 2.24) is 4.98 Å². The van der Waals surface area contributed by atoms with E-state index in [4.69, 9.17) is 5.73 Å². The maximum Gasteiger partial charge on any atom is 0.416 e. The van der Waals surface area contributed by atoms with Gasteiger partial charge >= 0.3 is 6.18 Å². The molecule has 0 fully saturated rings. The first-order valence-corrected chi connectivity index (χ1v) is 6.07. The molecule has 1 heterocycles. The van der Waals surface area contributed by atoms with E-state index in [1.165, 1.54) is 17.4 Å². The van der Waals surface area contributed by atoms with Crippen molar-refractivity contribution in [2.45, 2.75) is 19.6 Å². The van der Waals surface area contributed by atoms with E-state index in [1.807, 2.05) is 6.92 Å². The van der Waals surface area contributed by atoms with Crippen LogP contribution in [0.5, 0.6) is 0 Å². The summed E-state index contributed by atoms with van der Waals surface area (Å²) in [6.45, 7) is 2.12. The van der Waals surface area contributed by atoms with Crippen LogP contribution in [-0.2, 0) is 12.7 Å². The Morgan fingerprint density at radius 1 is 1.33 bits per heavy atom. The molecule has 2 rings (SSSR count). The quantitative estimate of drug-likeness (QED) is 0.907. The van der Waals surface area contributed by atoms with Gasteiger partial charge in [-0.2, -0.15) is 13.2 Å². The molecule has 0 spiro atoms. The predicted octanol–water partition coefficient (Wildman–Crippen LogP) is 3.60. The van der Waals surface area contributed by atoms with Crippen molar-refractivity contribution >= 4 is 11.3 Å². The first kappa shape index (κ1) is 13.0. The summed E-state index contributed by atoms with van der Waals surface area (Å²) < 4.78 is 37.9. The van der Waals surface area contributed by atoms with Gasteiger partial charge in [-0.1, -0.05) is 12.1 Å². The summed E-state index contributed by atoms with van der Waals surface area (Å²) in [5, 5.41) is 0.722. The molecule has 0 aliphatic carbocycles. The van der Waals surface area contributed by atoms with Crippen LogP contribution in [0.4, 0.5) is 13.2 Å². The van der Waals surface area contributed by atoms with Crippen LogP contribution in [0, 0.1) is 6.92 Å². The number of halogens is 3. The molecule has 0 aliphatic heterocycles. The molecule has 0 unspecified atom stereocenters. The molecule has 0 bridgehead atoms. The summed E-state index contributed by atoms with van der Waals surface area (Å²) in [6, 6.07) is 5.17. The lowest BCUT2D eigenvalue weighted by molar-refractivity contribution is -0.137. The van der Waals surface area contributed by atoms with E-state index >= 15 is 0 Å². The molecule has 0 atom stereocenters. The van der Waals surface area contributed by atoms with Gasteiger partial charge in [0.25, 0.3) is 0 Å². The number of hydrogen-bond donors (Lipinski definition) is 1. The molecule has 2 aromatic rings. The van der Waals surface area contributed by atoms with Crippen LogP contribution in [0.15, 0.2) is 24.3 Å². The highest BCUT2D eigenvalue weighted by Crippen LogP contribution is 2.33. The average molecular weight is 272 g/mol. The van der Waals surface area contributed by atoms with E-state index in [2.05, 4.69) is 4.98 Å². The van der Waals surface area contributed by atoms with Gasteiger partial charge in [-0.15, -0.1) is 11.3 Å². The Bertz CT molecular complexity index is 561. The van der Waals surface area contributed by atoms with Crippen molar-refractivity contribution in [3.05, 3.63) is 39.7 Å². The van der Waals surface area contributed by atoms with Gasteiger partial charge in [0.15, 0.2) is 0 Å². The third-order valence-corrected chi connectivity index (χ3v) is 3.47. The third-order valence-electron chi connectivity index (χ3n) is 2.48. The van der Waals surface area contributed by atoms with E-state index in [9.17, 15) is 13.2 Å². The minimum Gasteiger partial charge on any atom is -0.325 e. The normalized spacial score (nSPS) is 11.8. The standard InChI is InChI=1S/C12H11F3N2S/c1-7-11(17-10(6-16)18-7)8-3-2-4-9(5-8)12(13,14)15/h2-5H,6,16H2,1H3. The third kappa shape index (κ3) is 2.54. The average Bonchev–Trinajstić information content (AvgIpc) is 2.70. The Morgan fingerprint density at radius 3 is 2.61 bits per heavy atom. The SMILES string of the molecule is Cc1sc(CN)nc1-c1cccc(C(F)(F)F)c1. The van der Waals surface area contributed by atoms with Crippen LogP contribution in [0.25, 0.3) is 11.3 Å². The molecule has 2 nitrogen and oxygen atoms in total. The van der Waals surface area contributed by atoms with Crippen LogP contribution in [-0.4, -0.2) is 4.98 Å². The van der Waals surface area contributed by atoms with E-state index in [-0.39, 0.29) is 0 Å². The van der Waals surface area contributed by atoms with Gasteiger partial charge in [-0.25, -0.2) is 4.98 Å². The van der Waals surface area contributed by atoms with Gasteiger partial charge in [0.2, 0.25) is 0 Å². The van der Waals surface area contributed by atoms with E-state index in [1.54, 1.807) is 6.07 Å². The molecule has 2 N–H and O–H groups in total. The number of nitrogens with two attached hydrogens (primary N) is 1. The molecule has 96 valence electrons. The second-order valence-corrected chi connectivity index (χ2v) is 5.08. The molecule has 1 aromatic carbocycles. The van der Waals surface area contributed by atoms with Crippen molar-refractivity contribution in [2.75, 3.05) is 0 Å². The fourth-order valence-electron chi connectivity index (χ4n) is 1.65. The zero-order chi connectivity index (χ0) is 13.3. The maximum atomic E-state index is 12.6. The minimum absolute atomic E-state index is 0.296. The lowest BCUT2D eigenvalue weighted by atomic mass is 10.1. The molecule has 6 heteroatoms. The van der Waals surface area contributed by atoms with E-state index < -0.39 is 11.7 Å². The summed E-state index contributed by atoms with van der Waals surface area (Å²) in [4.78, 5) is 5.12. The number of nitrogens with zero attached hydrogens (tertiary/aromatic N) is 1. The van der Waals surface area contributed by atoms with Crippen molar-refractivity contribution in [1.29, 1.82) is 0 Å². The van der Waals surface area contributed by atoms with Gasteiger partial charge < -0.3 is 5.73 Å². The molecule has 18 heavy (non-hydrogen) atoms. The number of aromatic nitrogens is 1. The fourth-order valence-corrected chi connectivity index (χ4v) is 2.48. The first-order valence-electron chi connectivity index (χ1n) is 5.26. The second kappa shape index (κ2) is 4.70. The van der Waals surface area contributed by atoms with E-state index in [0.29, 0.717) is 17.8 Å². The number of rotatable bonds is 2. The highest BCUT2D eigenvalue weighted by atomic mass is 32.1. The van der Waals surface area contributed by atoms with Gasteiger partial charge in [0, 0.05) is 17.0 Å². The number of benzene rings is 1. The van der Waals surface area contributed by atoms with Gasteiger partial charge in [0.1, 0.15) is 5.01 Å². The number of alkyl halides is 3. The summed E-state index contributed by atoms with van der Waals surface area (Å²) in [6.07, 6.45) is -4.34. The zero-order valence-electron chi connectivity index (χ0n) is 9.58. The van der Waals surface area contributed by atoms with Crippen molar-refractivity contribution in [3.8, 4) is 11.3 Å². The van der Waals surface area contributed by atoms with Crippen molar-refractivity contribution in [2.24, 2.45) is 5.73 Å². The lowest BCUT2D eigenvalue weighted by Gasteiger charge is -2.07. The Balaban J connectivity index is 2.47. The van der Waals surface area contributed by atoms with Crippen LogP contribution in [0.2, 0.25) is 0 Å². The minimum atomic E-state index is -4.34. The smallest absolute Gasteiger partial charge is 0.325 e. The summed E-state index contributed by atoms with van der Waals surface area (Å²) in [7, 11) is 0. The highest BCUT2D eigenvalue weighted by molar-refractivity contribution is 7.12. The number of aryl methyl sites for hydroxylation is 1. The second-order valence-electron chi connectivity index (χ2n) is 3.80. The van der Waals surface area contributed by atoms with Crippen LogP contribution >= 0.6 is 11.3 Å². The van der Waals surface area contributed by atoms with Gasteiger partial charge in [-0.3, -0.25) is 0 Å². The Hall–Kier alpha value is -1.40. The molecule has 0 saturated carbocycles. The number of hydrogen-bond acceptors (Lipinski definition) is 3. The Kier molecular flexibility index (Phi) is 3.41. The molecule has 1 aromatic heterocycles. The highest BCUT2D eigenvalue weighted by Gasteiger charge is 2.30. The molecular formula is C12H11F3N2S. The summed E-state index contributed by atoms with van der Waals surface area (Å²) >= 11 is 1.41. The topological polar surface area (TPSA) is 38.9 Å². The van der Waals surface area contributed by atoms with E-state index in [0.717, 1.165) is 22.0 Å². The monoisotopic (exact) mass is 272 g/mol. The van der Waals surface area contributed by atoms with Crippen LogP contribution in [0.1, 0.15) is 15.4 Å².